The Bertz CT molecular complexity index is 804. The monoisotopic (exact) mass is 331 g/mol. The van der Waals surface area contributed by atoms with Gasteiger partial charge < -0.3 is 9.73 Å². The summed E-state index contributed by atoms with van der Waals surface area (Å²) in [6.07, 6.45) is 3.40. The van der Waals surface area contributed by atoms with E-state index in [1.165, 1.54) is 0 Å². The van der Waals surface area contributed by atoms with Gasteiger partial charge in [0.05, 0.1) is 12.2 Å². The Morgan fingerprint density at radius 1 is 1.39 bits per heavy atom. The number of amides is 1. The molecule has 0 spiro atoms. The lowest BCUT2D eigenvalue weighted by Crippen LogP contribution is -2.22. The van der Waals surface area contributed by atoms with Crippen LogP contribution in [0.4, 0.5) is 0 Å². The van der Waals surface area contributed by atoms with Crippen molar-refractivity contribution in [2.75, 3.05) is 0 Å². The summed E-state index contributed by atoms with van der Waals surface area (Å²) in [6.45, 7) is 2.37. The lowest BCUT2D eigenvalue weighted by Gasteiger charge is -2.02. The molecule has 0 bridgehead atoms. The molecule has 3 aromatic rings. The Morgan fingerprint density at radius 3 is 3.00 bits per heavy atom. The summed E-state index contributed by atoms with van der Waals surface area (Å²) in [5, 5.41) is 11.0. The van der Waals surface area contributed by atoms with E-state index in [0.29, 0.717) is 17.2 Å². The number of rotatable bonds is 6. The van der Waals surface area contributed by atoms with Crippen LogP contribution in [-0.4, -0.2) is 25.3 Å². The normalized spacial score (nSPS) is 10.9. The highest BCUT2D eigenvalue weighted by atomic mass is 32.1. The molecule has 3 heterocycles. The van der Waals surface area contributed by atoms with E-state index in [1.807, 2.05) is 32.2 Å². The molecular weight excluding hydrogens is 314 g/mol. The molecule has 3 rings (SSSR count). The van der Waals surface area contributed by atoms with Crippen LogP contribution in [0.3, 0.4) is 0 Å². The van der Waals surface area contributed by atoms with E-state index in [1.54, 1.807) is 10.9 Å². The number of hydrogen-bond acceptors (Lipinski definition) is 6. The van der Waals surface area contributed by atoms with E-state index in [2.05, 4.69) is 20.0 Å². The van der Waals surface area contributed by atoms with Crippen LogP contribution in [0.2, 0.25) is 0 Å². The summed E-state index contributed by atoms with van der Waals surface area (Å²) in [4.78, 5) is 12.8. The average molecular weight is 331 g/mol. The van der Waals surface area contributed by atoms with E-state index in [-0.39, 0.29) is 5.91 Å². The fourth-order valence-corrected chi connectivity index (χ4v) is 2.88. The fraction of sp³-hybridized carbons (Fsp3) is 0.333. The maximum atomic E-state index is 12.2. The first-order valence-electron chi connectivity index (χ1n) is 7.35. The molecule has 120 valence electrons. The molecule has 0 unspecified atom stereocenters. The smallest absolute Gasteiger partial charge is 0.265 e. The molecule has 3 aromatic heterocycles. The molecule has 0 atom stereocenters. The summed E-state index contributed by atoms with van der Waals surface area (Å²) in [5.41, 5.74) is 1.64. The molecule has 0 saturated carbocycles. The Morgan fingerprint density at radius 2 is 2.26 bits per heavy atom. The molecule has 0 aliphatic carbocycles. The number of carbonyl (C=O) groups excluding carboxylic acids is 1. The second kappa shape index (κ2) is 6.74. The van der Waals surface area contributed by atoms with Crippen molar-refractivity contribution in [3.63, 3.8) is 0 Å². The first kappa shape index (κ1) is 15.4. The Kier molecular flexibility index (Phi) is 4.52. The van der Waals surface area contributed by atoms with Crippen LogP contribution in [0.25, 0.3) is 11.5 Å². The number of hydrogen-bond donors (Lipinski definition) is 1. The minimum absolute atomic E-state index is 0.165. The van der Waals surface area contributed by atoms with Crippen molar-refractivity contribution in [3.8, 4) is 11.5 Å². The van der Waals surface area contributed by atoms with Gasteiger partial charge in [-0.2, -0.15) is 5.10 Å². The zero-order valence-corrected chi connectivity index (χ0v) is 13.8. The highest BCUT2D eigenvalue weighted by molar-refractivity contribution is 7.08. The predicted octanol–water partition coefficient (Wildman–Crippen LogP) is 2.41. The first-order chi connectivity index (χ1) is 11.2. The van der Waals surface area contributed by atoms with Crippen LogP contribution in [0.15, 0.2) is 28.8 Å². The van der Waals surface area contributed by atoms with Crippen molar-refractivity contribution in [2.45, 2.75) is 26.3 Å². The molecule has 1 N–H and O–H groups in total. The Hall–Kier alpha value is -2.48. The topological polar surface area (TPSA) is 85.8 Å². The van der Waals surface area contributed by atoms with Crippen LogP contribution in [-0.2, 0) is 20.0 Å². The van der Waals surface area contributed by atoms with E-state index in [4.69, 9.17) is 4.42 Å². The van der Waals surface area contributed by atoms with Gasteiger partial charge in [-0.15, -0.1) is 5.10 Å². The quantitative estimate of drug-likeness (QED) is 0.749. The molecule has 8 heteroatoms. The fourth-order valence-electron chi connectivity index (χ4n) is 2.26. The SMILES string of the molecule is CCCc1nnsc1C(=O)NCc1ccc(-c2ccnn2C)o1. The van der Waals surface area contributed by atoms with Gasteiger partial charge in [-0.05, 0) is 36.2 Å². The number of aromatic nitrogens is 4. The van der Waals surface area contributed by atoms with Crippen molar-refractivity contribution in [1.82, 2.24) is 24.7 Å². The molecule has 1 amide bonds. The lowest BCUT2D eigenvalue weighted by molar-refractivity contribution is 0.0951. The second-order valence-corrected chi connectivity index (χ2v) is 5.84. The molecule has 0 saturated heterocycles. The molecule has 0 aliphatic rings. The largest absolute Gasteiger partial charge is 0.458 e. The third kappa shape index (κ3) is 3.31. The van der Waals surface area contributed by atoms with Gasteiger partial charge in [-0.1, -0.05) is 17.8 Å². The number of nitrogens with one attached hydrogen (secondary N) is 1. The van der Waals surface area contributed by atoms with Gasteiger partial charge in [0.1, 0.15) is 16.3 Å². The van der Waals surface area contributed by atoms with E-state index in [0.717, 1.165) is 41.5 Å². The lowest BCUT2D eigenvalue weighted by atomic mass is 10.2. The van der Waals surface area contributed by atoms with Crippen molar-refractivity contribution in [1.29, 1.82) is 0 Å². The molecule has 0 fully saturated rings. The standard InChI is InChI=1S/C15H17N5O2S/c1-3-4-11-14(23-19-18-11)15(21)16-9-10-5-6-13(22-10)12-7-8-17-20(12)2/h5-8H,3-4,9H2,1-2H3,(H,16,21). The van der Waals surface area contributed by atoms with E-state index in [9.17, 15) is 4.79 Å². The molecule has 7 nitrogen and oxygen atoms in total. The van der Waals surface area contributed by atoms with Gasteiger partial charge in [-0.3, -0.25) is 9.48 Å². The third-order valence-electron chi connectivity index (χ3n) is 3.41. The maximum absolute atomic E-state index is 12.2. The van der Waals surface area contributed by atoms with Crippen LogP contribution in [0.1, 0.15) is 34.5 Å². The van der Waals surface area contributed by atoms with Gasteiger partial charge in [0.25, 0.3) is 5.91 Å². The van der Waals surface area contributed by atoms with Crippen LogP contribution in [0, 0.1) is 0 Å². The van der Waals surface area contributed by atoms with E-state index < -0.39 is 0 Å². The van der Waals surface area contributed by atoms with Crippen molar-refractivity contribution in [3.05, 3.63) is 40.7 Å². The van der Waals surface area contributed by atoms with Crippen molar-refractivity contribution >= 4 is 17.4 Å². The second-order valence-electron chi connectivity index (χ2n) is 5.09. The van der Waals surface area contributed by atoms with Crippen molar-refractivity contribution in [2.24, 2.45) is 7.05 Å². The molecule has 23 heavy (non-hydrogen) atoms. The van der Waals surface area contributed by atoms with Crippen LogP contribution in [0.5, 0.6) is 0 Å². The molecular formula is C15H17N5O2S. The zero-order valence-electron chi connectivity index (χ0n) is 12.9. The highest BCUT2D eigenvalue weighted by Gasteiger charge is 2.16. The number of furan rings is 1. The minimum atomic E-state index is -0.165. The summed E-state index contributed by atoms with van der Waals surface area (Å²) in [6, 6.07) is 5.59. The van der Waals surface area contributed by atoms with Gasteiger partial charge in [0.15, 0.2) is 5.76 Å². The predicted molar refractivity (Wildman–Crippen MR) is 86.0 cm³/mol. The van der Waals surface area contributed by atoms with Gasteiger partial charge in [0, 0.05) is 13.2 Å². The first-order valence-corrected chi connectivity index (χ1v) is 8.13. The molecule has 0 radical (unpaired) electrons. The van der Waals surface area contributed by atoms with E-state index >= 15 is 0 Å². The highest BCUT2D eigenvalue weighted by Crippen LogP contribution is 2.21. The van der Waals surface area contributed by atoms with Crippen LogP contribution < -0.4 is 5.32 Å². The minimum Gasteiger partial charge on any atom is -0.458 e. The third-order valence-corrected chi connectivity index (χ3v) is 4.17. The Balaban J connectivity index is 1.65. The van der Waals surface area contributed by atoms with Crippen molar-refractivity contribution < 1.29 is 9.21 Å². The molecule has 0 aromatic carbocycles. The summed E-state index contributed by atoms with van der Waals surface area (Å²) < 4.78 is 11.4. The Labute approximate surface area is 137 Å². The summed E-state index contributed by atoms with van der Waals surface area (Å²) >= 11 is 1.12. The number of carbonyl (C=O) groups is 1. The number of nitrogens with zero attached hydrogens (tertiary/aromatic N) is 4. The summed E-state index contributed by atoms with van der Waals surface area (Å²) in [5.74, 6) is 1.24. The van der Waals surface area contributed by atoms with Gasteiger partial charge in [0.2, 0.25) is 0 Å². The van der Waals surface area contributed by atoms with Gasteiger partial charge >= 0.3 is 0 Å². The van der Waals surface area contributed by atoms with Gasteiger partial charge in [-0.25, -0.2) is 0 Å². The maximum Gasteiger partial charge on any atom is 0.265 e. The van der Waals surface area contributed by atoms with Crippen LogP contribution >= 0.6 is 11.5 Å². The molecule has 0 aliphatic heterocycles. The zero-order chi connectivity index (χ0) is 16.2. The average Bonchev–Trinajstić information content (AvgIpc) is 3.25. The summed E-state index contributed by atoms with van der Waals surface area (Å²) in [7, 11) is 1.85. The number of aryl methyl sites for hydroxylation is 2.